The van der Waals surface area contributed by atoms with Gasteiger partial charge < -0.3 is 10.8 Å². The maximum Gasteiger partial charge on any atom is 0.0991 e. The molecule has 3 N–H and O–H groups in total. The third kappa shape index (κ3) is 3.85. The van der Waals surface area contributed by atoms with Gasteiger partial charge in [0.1, 0.15) is 0 Å². The molecule has 0 aliphatic carbocycles. The van der Waals surface area contributed by atoms with Crippen molar-refractivity contribution in [2.24, 2.45) is 11.7 Å². The van der Waals surface area contributed by atoms with Gasteiger partial charge in [0.25, 0.3) is 0 Å². The molecule has 0 aliphatic heterocycles. The number of benzene rings is 1. The maximum absolute atomic E-state index is 9.18. The van der Waals surface area contributed by atoms with Crippen molar-refractivity contribution in [3.63, 3.8) is 0 Å². The largest absolute Gasteiger partial charge is 0.396 e. The van der Waals surface area contributed by atoms with Gasteiger partial charge in [-0.15, -0.1) is 0 Å². The minimum Gasteiger partial charge on any atom is -0.396 e. The van der Waals surface area contributed by atoms with Gasteiger partial charge in [-0.2, -0.15) is 5.26 Å². The lowest BCUT2D eigenvalue weighted by Gasteiger charge is -2.20. The van der Waals surface area contributed by atoms with E-state index in [-0.39, 0.29) is 12.5 Å². The van der Waals surface area contributed by atoms with Crippen LogP contribution in [-0.2, 0) is 0 Å². The smallest absolute Gasteiger partial charge is 0.0991 e. The summed E-state index contributed by atoms with van der Waals surface area (Å²) in [7, 11) is 0. The van der Waals surface area contributed by atoms with E-state index in [0.29, 0.717) is 18.0 Å². The van der Waals surface area contributed by atoms with E-state index in [4.69, 9.17) is 11.0 Å². The Morgan fingerprint density at radius 3 is 2.41 bits per heavy atom. The minimum atomic E-state index is 0.142. The lowest BCUT2D eigenvalue weighted by Crippen LogP contribution is -2.20. The molecule has 1 aromatic carbocycles. The van der Waals surface area contributed by atoms with Crippen LogP contribution in [0, 0.1) is 17.2 Å². The highest BCUT2D eigenvalue weighted by Crippen LogP contribution is 2.26. The zero-order valence-electron chi connectivity index (χ0n) is 10.3. The molecule has 0 aromatic heterocycles. The summed E-state index contributed by atoms with van der Waals surface area (Å²) in [6.45, 7) is 2.79. The third-order valence-corrected chi connectivity index (χ3v) is 3.21. The first-order valence-electron chi connectivity index (χ1n) is 6.06. The molecule has 2 unspecified atom stereocenters. The van der Waals surface area contributed by atoms with Crippen LogP contribution in [0.5, 0.6) is 0 Å². The first-order valence-corrected chi connectivity index (χ1v) is 6.06. The van der Waals surface area contributed by atoms with E-state index in [0.717, 1.165) is 12.8 Å². The first-order chi connectivity index (χ1) is 8.24. The quantitative estimate of drug-likeness (QED) is 0.788. The second-order valence-corrected chi connectivity index (χ2v) is 4.36. The van der Waals surface area contributed by atoms with Gasteiger partial charge in [0.15, 0.2) is 0 Å². The van der Waals surface area contributed by atoms with E-state index in [1.807, 2.05) is 24.3 Å². The Morgan fingerprint density at radius 1 is 1.35 bits per heavy atom. The molecule has 1 rings (SSSR count). The van der Waals surface area contributed by atoms with Crippen molar-refractivity contribution in [2.75, 3.05) is 13.2 Å². The van der Waals surface area contributed by atoms with Crippen LogP contribution in [0.15, 0.2) is 24.3 Å². The van der Waals surface area contributed by atoms with Crippen LogP contribution in [0.2, 0.25) is 0 Å². The molecular weight excluding hydrogens is 212 g/mol. The summed E-state index contributed by atoms with van der Waals surface area (Å²) in [6.07, 6.45) is 1.91. The summed E-state index contributed by atoms with van der Waals surface area (Å²) in [6, 6.07) is 9.79. The first kappa shape index (κ1) is 13.7. The van der Waals surface area contributed by atoms with Gasteiger partial charge in [-0.05, 0) is 48.9 Å². The number of hydrogen-bond donors (Lipinski definition) is 2. The van der Waals surface area contributed by atoms with E-state index < -0.39 is 0 Å². The predicted molar refractivity (Wildman–Crippen MR) is 68.4 cm³/mol. The molecule has 2 atom stereocenters. The van der Waals surface area contributed by atoms with Crippen LogP contribution < -0.4 is 5.73 Å². The lowest BCUT2D eigenvalue weighted by molar-refractivity contribution is 0.214. The summed E-state index contributed by atoms with van der Waals surface area (Å²) >= 11 is 0. The summed E-state index contributed by atoms with van der Waals surface area (Å²) in [5, 5.41) is 17.9. The summed E-state index contributed by atoms with van der Waals surface area (Å²) in [4.78, 5) is 0. The van der Waals surface area contributed by atoms with E-state index in [1.54, 1.807) is 0 Å². The molecule has 0 radical (unpaired) electrons. The lowest BCUT2D eigenvalue weighted by atomic mass is 9.87. The molecule has 0 saturated heterocycles. The highest BCUT2D eigenvalue weighted by Gasteiger charge is 2.15. The van der Waals surface area contributed by atoms with Crippen molar-refractivity contribution in [1.82, 2.24) is 0 Å². The van der Waals surface area contributed by atoms with Crippen molar-refractivity contribution in [3.8, 4) is 6.07 Å². The van der Waals surface area contributed by atoms with Crippen molar-refractivity contribution >= 4 is 0 Å². The molecule has 0 aliphatic rings. The van der Waals surface area contributed by atoms with Gasteiger partial charge in [0.05, 0.1) is 11.6 Å². The third-order valence-electron chi connectivity index (χ3n) is 3.21. The van der Waals surface area contributed by atoms with Crippen molar-refractivity contribution < 1.29 is 5.11 Å². The zero-order chi connectivity index (χ0) is 12.7. The van der Waals surface area contributed by atoms with Gasteiger partial charge in [-0.1, -0.05) is 19.1 Å². The molecule has 92 valence electrons. The minimum absolute atomic E-state index is 0.142. The van der Waals surface area contributed by atoms with E-state index in [1.165, 1.54) is 5.56 Å². The molecule has 0 heterocycles. The molecular formula is C14H20N2O. The van der Waals surface area contributed by atoms with E-state index in [2.05, 4.69) is 13.0 Å². The van der Waals surface area contributed by atoms with Crippen LogP contribution in [0.1, 0.15) is 36.8 Å². The Kier molecular flexibility index (Phi) is 5.68. The van der Waals surface area contributed by atoms with E-state index in [9.17, 15) is 5.11 Å². The molecule has 0 fully saturated rings. The van der Waals surface area contributed by atoms with Crippen molar-refractivity contribution in [1.29, 1.82) is 5.26 Å². The highest BCUT2D eigenvalue weighted by molar-refractivity contribution is 5.33. The summed E-state index contributed by atoms with van der Waals surface area (Å²) in [5.74, 6) is 0.569. The van der Waals surface area contributed by atoms with Crippen LogP contribution >= 0.6 is 0 Å². The average molecular weight is 232 g/mol. The zero-order valence-corrected chi connectivity index (χ0v) is 10.3. The molecule has 1 aromatic rings. The molecule has 3 heteroatoms. The molecule has 0 bridgehead atoms. The maximum atomic E-state index is 9.18. The standard InChI is InChI=1S/C14H20N2O/c1-2-13(7-12(9-16)10-17)14-5-3-11(8-15)4-6-14/h3-6,12-13,17H,2,7,9-10,16H2,1H3. The SMILES string of the molecule is CCC(CC(CN)CO)c1ccc(C#N)cc1. The normalized spacial score (nSPS) is 14.0. The number of hydrogen-bond acceptors (Lipinski definition) is 3. The topological polar surface area (TPSA) is 70.0 Å². The Labute approximate surface area is 103 Å². The second-order valence-electron chi connectivity index (χ2n) is 4.36. The van der Waals surface area contributed by atoms with Gasteiger partial charge in [-0.3, -0.25) is 0 Å². The van der Waals surface area contributed by atoms with Crippen molar-refractivity contribution in [2.45, 2.75) is 25.7 Å². The Hall–Kier alpha value is -1.37. The van der Waals surface area contributed by atoms with Gasteiger partial charge in [0, 0.05) is 6.61 Å². The molecule has 0 amide bonds. The summed E-state index contributed by atoms with van der Waals surface area (Å²) < 4.78 is 0. The van der Waals surface area contributed by atoms with Gasteiger partial charge >= 0.3 is 0 Å². The fourth-order valence-electron chi connectivity index (χ4n) is 2.02. The van der Waals surface area contributed by atoms with Crippen LogP contribution in [0.25, 0.3) is 0 Å². The van der Waals surface area contributed by atoms with Gasteiger partial charge in [0.2, 0.25) is 0 Å². The number of nitrogens with zero attached hydrogens (tertiary/aromatic N) is 1. The van der Waals surface area contributed by atoms with Crippen LogP contribution in [-0.4, -0.2) is 18.3 Å². The van der Waals surface area contributed by atoms with Crippen molar-refractivity contribution in [3.05, 3.63) is 35.4 Å². The Morgan fingerprint density at radius 2 is 2.00 bits per heavy atom. The Bertz CT molecular complexity index is 363. The number of aliphatic hydroxyl groups is 1. The molecule has 17 heavy (non-hydrogen) atoms. The second kappa shape index (κ2) is 7.05. The molecule has 0 spiro atoms. The fraction of sp³-hybridized carbons (Fsp3) is 0.500. The van der Waals surface area contributed by atoms with Crippen LogP contribution in [0.4, 0.5) is 0 Å². The Balaban J connectivity index is 2.75. The van der Waals surface area contributed by atoms with E-state index >= 15 is 0 Å². The molecule has 0 saturated carbocycles. The highest BCUT2D eigenvalue weighted by atomic mass is 16.3. The van der Waals surface area contributed by atoms with Crippen LogP contribution in [0.3, 0.4) is 0 Å². The molecule has 3 nitrogen and oxygen atoms in total. The fourth-order valence-corrected chi connectivity index (χ4v) is 2.02. The number of rotatable bonds is 6. The monoisotopic (exact) mass is 232 g/mol. The summed E-state index contributed by atoms with van der Waals surface area (Å²) in [5.41, 5.74) is 7.51. The number of aliphatic hydroxyl groups excluding tert-OH is 1. The average Bonchev–Trinajstić information content (AvgIpc) is 2.40. The number of nitrogens with two attached hydrogens (primary N) is 1. The van der Waals surface area contributed by atoms with Gasteiger partial charge in [-0.25, -0.2) is 0 Å². The predicted octanol–water partition coefficient (Wildman–Crippen LogP) is 2.01. The number of nitriles is 1.